The molecule has 0 unspecified atom stereocenters. The minimum Gasteiger partial charge on any atom is -0.444 e. The van der Waals surface area contributed by atoms with Crippen LogP contribution in [-0.2, 0) is 20.8 Å². The molecule has 2 amide bonds. The number of amides is 2. The Morgan fingerprint density at radius 3 is 2.29 bits per heavy atom. The molecule has 1 aromatic carbocycles. The van der Waals surface area contributed by atoms with Gasteiger partial charge in [0, 0.05) is 6.92 Å². The number of oxazole rings is 1. The van der Waals surface area contributed by atoms with Gasteiger partial charge in [-0.2, -0.15) is 0 Å². The number of alkyl carbamates (subject to hydrolysis) is 1. The van der Waals surface area contributed by atoms with Gasteiger partial charge in [0.25, 0.3) is 0 Å². The van der Waals surface area contributed by atoms with Crippen molar-refractivity contribution in [3.63, 3.8) is 0 Å². The van der Waals surface area contributed by atoms with Gasteiger partial charge in [0.1, 0.15) is 16.7 Å². The number of anilines is 1. The molecule has 0 spiro atoms. The Balaban J connectivity index is 2.02. The van der Waals surface area contributed by atoms with Gasteiger partial charge in [0.15, 0.2) is 11.5 Å². The summed E-state index contributed by atoms with van der Waals surface area (Å²) in [6.07, 6.45) is -1.08. The number of carbonyl (C=O) groups is 2. The van der Waals surface area contributed by atoms with Crippen molar-refractivity contribution in [2.75, 3.05) is 11.9 Å². The van der Waals surface area contributed by atoms with Crippen LogP contribution in [0, 0.1) is 6.92 Å². The third-order valence-corrected chi connectivity index (χ3v) is 3.69. The van der Waals surface area contributed by atoms with Crippen molar-refractivity contribution >= 4 is 29.0 Å². The Kier molecular flexibility index (Phi) is 7.54. The summed E-state index contributed by atoms with van der Waals surface area (Å²) >= 11 is 0. The Morgan fingerprint density at radius 1 is 1.06 bits per heavy atom. The predicted molar refractivity (Wildman–Crippen MR) is 117 cm³/mol. The molecule has 2 N–H and O–H groups in total. The summed E-state index contributed by atoms with van der Waals surface area (Å²) in [6, 6.07) is 3.34. The first kappa shape index (κ1) is 24.5. The van der Waals surface area contributed by atoms with Crippen LogP contribution in [0.2, 0.25) is 0 Å². The van der Waals surface area contributed by atoms with Crippen molar-refractivity contribution < 1.29 is 28.2 Å². The molecule has 9 nitrogen and oxygen atoms in total. The third kappa shape index (κ3) is 8.45. The highest BCUT2D eigenvalue weighted by Gasteiger charge is 2.20. The van der Waals surface area contributed by atoms with Crippen LogP contribution < -0.4 is 10.6 Å². The number of aryl methyl sites for hydroxylation is 1. The topological polar surface area (TPSA) is 112 Å². The number of hydrogen-bond donors (Lipinski definition) is 2. The third-order valence-electron chi connectivity index (χ3n) is 3.69. The lowest BCUT2D eigenvalue weighted by Gasteiger charge is -2.22. The Labute approximate surface area is 182 Å². The highest BCUT2D eigenvalue weighted by atomic mass is 16.6. The van der Waals surface area contributed by atoms with Gasteiger partial charge >= 0.3 is 12.2 Å². The van der Waals surface area contributed by atoms with Gasteiger partial charge in [-0.05, 0) is 66.2 Å². The molecule has 0 radical (unpaired) electrons. The first-order valence-corrected chi connectivity index (χ1v) is 10.2. The molecule has 9 heteroatoms. The van der Waals surface area contributed by atoms with Crippen molar-refractivity contribution in [2.24, 2.45) is 0 Å². The molecular formula is C22H33N3O6. The number of carbonyl (C=O) groups excluding carboxylic acids is 2. The van der Waals surface area contributed by atoms with Gasteiger partial charge in [-0.25, -0.2) is 14.6 Å². The maximum absolute atomic E-state index is 12.2. The fraction of sp³-hybridized carbons (Fsp3) is 0.591. The number of benzene rings is 1. The molecule has 1 aromatic heterocycles. The van der Waals surface area contributed by atoms with E-state index in [-0.39, 0.29) is 19.3 Å². The number of fused-ring (bicyclic) bond motifs is 1. The molecule has 0 aliphatic heterocycles. The van der Waals surface area contributed by atoms with E-state index in [2.05, 4.69) is 15.6 Å². The summed E-state index contributed by atoms with van der Waals surface area (Å²) in [5, 5.41) is 5.45. The zero-order valence-corrected chi connectivity index (χ0v) is 19.5. The smallest absolute Gasteiger partial charge is 0.412 e. The molecule has 0 saturated carbocycles. The van der Waals surface area contributed by atoms with Crippen LogP contribution in [0.25, 0.3) is 11.1 Å². The Morgan fingerprint density at radius 2 is 1.68 bits per heavy atom. The molecule has 0 aliphatic carbocycles. The van der Waals surface area contributed by atoms with Gasteiger partial charge in [-0.15, -0.1) is 0 Å². The number of nitrogens with one attached hydrogen (secondary N) is 2. The fourth-order valence-electron chi connectivity index (χ4n) is 2.70. The molecule has 1 heterocycles. The molecule has 0 aliphatic rings. The zero-order valence-electron chi connectivity index (χ0n) is 19.5. The maximum Gasteiger partial charge on any atom is 0.412 e. The van der Waals surface area contributed by atoms with E-state index < -0.39 is 23.4 Å². The molecule has 2 aromatic rings. The molecule has 0 fully saturated rings. The summed E-state index contributed by atoms with van der Waals surface area (Å²) in [4.78, 5) is 28.4. The normalized spacial score (nSPS) is 13.0. The van der Waals surface area contributed by atoms with Gasteiger partial charge < -0.3 is 23.9 Å². The van der Waals surface area contributed by atoms with Crippen molar-refractivity contribution in [3.8, 4) is 0 Å². The molecule has 0 saturated heterocycles. The standard InChI is InChI=1S/C22H33N3O6/c1-13(23-19(26)30-21(3,4)5)11-28-12-15-9-16-18(29-14(2)24-16)17(10-15)25-20(27)31-22(6,7)8/h9-10,13H,11-12H2,1-8H3,(H,23,26)(H,25,27)/t13-/m1/s1. The number of nitrogens with zero attached hydrogens (tertiary/aromatic N) is 1. The average Bonchev–Trinajstić information content (AvgIpc) is 2.91. The van der Waals surface area contributed by atoms with Crippen LogP contribution >= 0.6 is 0 Å². The number of hydrogen-bond acceptors (Lipinski definition) is 7. The maximum atomic E-state index is 12.2. The lowest BCUT2D eigenvalue weighted by Crippen LogP contribution is -2.39. The summed E-state index contributed by atoms with van der Waals surface area (Å²) in [5.41, 5.74) is 1.12. The largest absolute Gasteiger partial charge is 0.444 e. The van der Waals surface area contributed by atoms with E-state index in [0.717, 1.165) is 5.56 Å². The summed E-state index contributed by atoms with van der Waals surface area (Å²) in [6.45, 7) is 14.9. The first-order chi connectivity index (χ1) is 14.2. The molecule has 1 atom stereocenters. The van der Waals surface area contributed by atoms with Gasteiger partial charge in [0.2, 0.25) is 0 Å². The predicted octanol–water partition coefficient (Wildman–Crippen LogP) is 4.91. The van der Waals surface area contributed by atoms with Crippen LogP contribution in [0.15, 0.2) is 16.5 Å². The highest BCUT2D eigenvalue weighted by molar-refractivity contribution is 5.96. The summed E-state index contributed by atoms with van der Waals surface area (Å²) in [7, 11) is 0. The second-order valence-electron chi connectivity index (χ2n) is 9.41. The lowest BCUT2D eigenvalue weighted by atomic mass is 10.2. The SMILES string of the molecule is Cc1nc2cc(COC[C@@H](C)NC(=O)OC(C)(C)C)cc(NC(=O)OC(C)(C)C)c2o1. The molecule has 2 rings (SSSR count). The Hall–Kier alpha value is -2.81. The number of ether oxygens (including phenoxy) is 3. The summed E-state index contributed by atoms with van der Waals surface area (Å²) < 4.78 is 21.9. The van der Waals surface area contributed by atoms with Crippen molar-refractivity contribution in [3.05, 3.63) is 23.6 Å². The minimum absolute atomic E-state index is 0.243. The second kappa shape index (κ2) is 9.55. The number of rotatable bonds is 6. The molecule has 0 bridgehead atoms. The lowest BCUT2D eigenvalue weighted by molar-refractivity contribution is 0.0442. The van der Waals surface area contributed by atoms with Crippen LogP contribution in [0.3, 0.4) is 0 Å². The van der Waals surface area contributed by atoms with Crippen molar-refractivity contribution in [1.29, 1.82) is 0 Å². The zero-order chi connectivity index (χ0) is 23.4. The van der Waals surface area contributed by atoms with E-state index in [9.17, 15) is 9.59 Å². The van der Waals surface area contributed by atoms with Gasteiger partial charge in [-0.1, -0.05) is 0 Å². The van der Waals surface area contributed by atoms with E-state index in [0.29, 0.717) is 22.7 Å². The Bertz CT molecular complexity index is 924. The van der Waals surface area contributed by atoms with Crippen LogP contribution in [0.1, 0.15) is 59.9 Å². The van der Waals surface area contributed by atoms with Crippen LogP contribution in [0.4, 0.5) is 15.3 Å². The highest BCUT2D eigenvalue weighted by Crippen LogP contribution is 2.27. The van der Waals surface area contributed by atoms with Gasteiger partial charge in [0.05, 0.1) is 24.9 Å². The van der Waals surface area contributed by atoms with Crippen LogP contribution in [-0.4, -0.2) is 41.0 Å². The second-order valence-corrected chi connectivity index (χ2v) is 9.41. The fourth-order valence-corrected chi connectivity index (χ4v) is 2.70. The average molecular weight is 436 g/mol. The van der Waals surface area contributed by atoms with Crippen molar-refractivity contribution in [1.82, 2.24) is 10.3 Å². The monoisotopic (exact) mass is 435 g/mol. The molecule has 31 heavy (non-hydrogen) atoms. The molecule has 172 valence electrons. The first-order valence-electron chi connectivity index (χ1n) is 10.2. The van der Waals surface area contributed by atoms with Gasteiger partial charge in [-0.3, -0.25) is 5.32 Å². The minimum atomic E-state index is -0.626. The van der Waals surface area contributed by atoms with E-state index >= 15 is 0 Å². The number of aromatic nitrogens is 1. The quantitative estimate of drug-likeness (QED) is 0.663. The van der Waals surface area contributed by atoms with E-state index in [1.165, 1.54) is 0 Å². The van der Waals surface area contributed by atoms with Crippen molar-refractivity contribution in [2.45, 2.75) is 79.2 Å². The summed E-state index contributed by atoms with van der Waals surface area (Å²) in [5.74, 6) is 0.482. The molecular weight excluding hydrogens is 402 g/mol. The van der Waals surface area contributed by atoms with E-state index in [1.54, 1.807) is 54.5 Å². The van der Waals surface area contributed by atoms with E-state index in [1.807, 2.05) is 13.0 Å². The van der Waals surface area contributed by atoms with E-state index in [4.69, 9.17) is 18.6 Å². The van der Waals surface area contributed by atoms with Crippen LogP contribution in [0.5, 0.6) is 0 Å².